The molecule has 0 radical (unpaired) electrons. The third kappa shape index (κ3) is 5.28. The van der Waals surface area contributed by atoms with Crippen molar-refractivity contribution < 1.29 is 23.1 Å². The second-order valence-electron chi connectivity index (χ2n) is 5.74. The lowest BCUT2D eigenvalue weighted by Gasteiger charge is -2.25. The van der Waals surface area contributed by atoms with Gasteiger partial charge in [0.05, 0.1) is 18.1 Å². The van der Waals surface area contributed by atoms with Gasteiger partial charge in [-0.3, -0.25) is 9.69 Å². The molecule has 1 heterocycles. The zero-order chi connectivity index (χ0) is 16.2. The minimum atomic E-state index is -3.00. The molecule has 1 aliphatic rings. The summed E-state index contributed by atoms with van der Waals surface area (Å²) >= 11 is 0. The van der Waals surface area contributed by atoms with Crippen molar-refractivity contribution in [3.8, 4) is 0 Å². The second kappa shape index (κ2) is 7.22. The molecule has 0 bridgehead atoms. The van der Waals surface area contributed by atoms with Gasteiger partial charge in [-0.2, -0.15) is 0 Å². The quantitative estimate of drug-likeness (QED) is 0.669. The van der Waals surface area contributed by atoms with E-state index in [1.54, 1.807) is 18.9 Å². The number of amides is 1. The van der Waals surface area contributed by atoms with Gasteiger partial charge < -0.3 is 10.4 Å². The van der Waals surface area contributed by atoms with Crippen LogP contribution in [0.5, 0.6) is 0 Å². The monoisotopic (exact) mass is 320 g/mol. The first-order valence-electron chi connectivity index (χ1n) is 7.09. The number of carboxylic acids is 1. The van der Waals surface area contributed by atoms with Crippen LogP contribution in [0.3, 0.4) is 0 Å². The van der Waals surface area contributed by atoms with E-state index >= 15 is 0 Å². The van der Waals surface area contributed by atoms with Gasteiger partial charge in [-0.1, -0.05) is 20.3 Å². The summed E-state index contributed by atoms with van der Waals surface area (Å²) in [6.07, 6.45) is 1.16. The van der Waals surface area contributed by atoms with Gasteiger partial charge >= 0.3 is 5.97 Å². The van der Waals surface area contributed by atoms with Crippen LogP contribution in [-0.4, -0.2) is 67.5 Å². The highest BCUT2D eigenvalue weighted by Crippen LogP contribution is 2.16. The van der Waals surface area contributed by atoms with Crippen LogP contribution in [0.25, 0.3) is 0 Å². The average molecular weight is 320 g/mol. The standard InChI is InChI=1S/C13H24N2O5S/c1-4-9(2)12(13(17)18)14-11(16)7-15(3)10-5-6-21(19,20)8-10/h9-10,12H,4-8H2,1-3H3,(H,14,16)(H,17,18). The van der Waals surface area contributed by atoms with E-state index in [9.17, 15) is 18.0 Å². The van der Waals surface area contributed by atoms with Crippen LogP contribution < -0.4 is 5.32 Å². The topological polar surface area (TPSA) is 104 Å². The number of likely N-dealkylation sites (N-methyl/N-ethyl adjacent to an activating group) is 1. The Kier molecular flexibility index (Phi) is 6.15. The lowest BCUT2D eigenvalue weighted by Crippen LogP contribution is -2.49. The molecule has 0 spiro atoms. The van der Waals surface area contributed by atoms with E-state index in [1.165, 1.54) is 0 Å². The Morgan fingerprint density at radius 2 is 2.05 bits per heavy atom. The summed E-state index contributed by atoms with van der Waals surface area (Å²) < 4.78 is 22.8. The van der Waals surface area contributed by atoms with E-state index in [1.807, 2.05) is 6.92 Å². The molecule has 0 aliphatic carbocycles. The van der Waals surface area contributed by atoms with Gasteiger partial charge in [-0.15, -0.1) is 0 Å². The third-order valence-corrected chi connectivity index (χ3v) is 5.77. The number of nitrogens with zero attached hydrogens (tertiary/aromatic N) is 1. The first-order chi connectivity index (χ1) is 9.66. The molecule has 8 heteroatoms. The van der Waals surface area contributed by atoms with Crippen LogP contribution in [0.2, 0.25) is 0 Å². The smallest absolute Gasteiger partial charge is 0.326 e. The lowest BCUT2D eigenvalue weighted by atomic mass is 9.99. The molecule has 122 valence electrons. The fraction of sp³-hybridized carbons (Fsp3) is 0.846. The van der Waals surface area contributed by atoms with E-state index in [0.29, 0.717) is 12.8 Å². The summed E-state index contributed by atoms with van der Waals surface area (Å²) in [5, 5.41) is 11.6. The third-order valence-electron chi connectivity index (χ3n) is 4.02. The zero-order valence-electron chi connectivity index (χ0n) is 12.7. The van der Waals surface area contributed by atoms with Gasteiger partial charge in [0.2, 0.25) is 5.91 Å². The summed E-state index contributed by atoms with van der Waals surface area (Å²) in [6, 6.07) is -1.09. The summed E-state index contributed by atoms with van der Waals surface area (Å²) in [4.78, 5) is 24.8. The number of carbonyl (C=O) groups is 2. The predicted molar refractivity (Wildman–Crippen MR) is 78.7 cm³/mol. The van der Waals surface area contributed by atoms with Crippen molar-refractivity contribution in [3.63, 3.8) is 0 Å². The molecule has 3 unspecified atom stereocenters. The number of rotatable bonds is 7. The summed E-state index contributed by atoms with van der Waals surface area (Å²) in [5.74, 6) is -1.40. The van der Waals surface area contributed by atoms with Crippen molar-refractivity contribution in [2.45, 2.75) is 38.8 Å². The normalized spacial score (nSPS) is 23.7. The van der Waals surface area contributed by atoms with Crippen LogP contribution in [0.15, 0.2) is 0 Å². The SMILES string of the molecule is CCC(C)C(NC(=O)CN(C)C1CCS(=O)(=O)C1)C(=O)O. The average Bonchev–Trinajstić information content (AvgIpc) is 2.75. The van der Waals surface area contributed by atoms with E-state index in [-0.39, 0.29) is 30.0 Å². The molecule has 0 aromatic heterocycles. The minimum Gasteiger partial charge on any atom is -0.480 e. The highest BCUT2D eigenvalue weighted by molar-refractivity contribution is 7.91. The number of hydrogen-bond donors (Lipinski definition) is 2. The van der Waals surface area contributed by atoms with Crippen molar-refractivity contribution in [1.82, 2.24) is 10.2 Å². The highest BCUT2D eigenvalue weighted by atomic mass is 32.2. The lowest BCUT2D eigenvalue weighted by molar-refractivity contribution is -0.143. The van der Waals surface area contributed by atoms with E-state index < -0.39 is 27.8 Å². The van der Waals surface area contributed by atoms with Crippen molar-refractivity contribution in [3.05, 3.63) is 0 Å². The summed E-state index contributed by atoms with van der Waals surface area (Å²) in [6.45, 7) is 3.63. The van der Waals surface area contributed by atoms with Gasteiger partial charge in [-0.25, -0.2) is 13.2 Å². The van der Waals surface area contributed by atoms with Crippen molar-refractivity contribution >= 4 is 21.7 Å². The van der Waals surface area contributed by atoms with Gasteiger partial charge in [0.1, 0.15) is 6.04 Å². The molecule has 2 N–H and O–H groups in total. The van der Waals surface area contributed by atoms with Crippen molar-refractivity contribution in [1.29, 1.82) is 0 Å². The molecule has 1 saturated heterocycles. The maximum atomic E-state index is 11.9. The van der Waals surface area contributed by atoms with Gasteiger partial charge in [0.15, 0.2) is 9.84 Å². The number of carboxylic acid groups (broad SMARTS) is 1. The summed E-state index contributed by atoms with van der Waals surface area (Å²) in [7, 11) is -1.31. The highest BCUT2D eigenvalue weighted by Gasteiger charge is 2.32. The molecule has 1 aliphatic heterocycles. The second-order valence-corrected chi connectivity index (χ2v) is 7.97. The summed E-state index contributed by atoms with van der Waals surface area (Å²) in [5.41, 5.74) is 0. The fourth-order valence-corrected chi connectivity index (χ4v) is 4.19. The number of nitrogens with one attached hydrogen (secondary N) is 1. The molecule has 1 rings (SSSR count). The van der Waals surface area contributed by atoms with Crippen LogP contribution in [0, 0.1) is 5.92 Å². The van der Waals surface area contributed by atoms with Crippen LogP contribution in [0.1, 0.15) is 26.7 Å². The molecule has 3 atom stereocenters. The van der Waals surface area contributed by atoms with E-state index in [4.69, 9.17) is 5.11 Å². The number of sulfone groups is 1. The molecule has 1 amide bonds. The molecule has 0 saturated carbocycles. The van der Waals surface area contributed by atoms with E-state index in [2.05, 4.69) is 5.32 Å². The van der Waals surface area contributed by atoms with Crippen LogP contribution in [0.4, 0.5) is 0 Å². The maximum absolute atomic E-state index is 11.9. The molecular formula is C13H24N2O5S. The zero-order valence-corrected chi connectivity index (χ0v) is 13.5. The van der Waals surface area contributed by atoms with Gasteiger partial charge in [-0.05, 0) is 19.4 Å². The fourth-order valence-electron chi connectivity index (χ4n) is 2.38. The van der Waals surface area contributed by atoms with Crippen molar-refractivity contribution in [2.24, 2.45) is 5.92 Å². The maximum Gasteiger partial charge on any atom is 0.326 e. The Bertz CT molecular complexity index is 491. The molecule has 0 aromatic rings. The van der Waals surface area contributed by atoms with Crippen molar-refractivity contribution in [2.75, 3.05) is 25.1 Å². The number of hydrogen-bond acceptors (Lipinski definition) is 5. The Labute approximate surface area is 125 Å². The Morgan fingerprint density at radius 1 is 1.43 bits per heavy atom. The molecular weight excluding hydrogens is 296 g/mol. The number of carbonyl (C=O) groups excluding carboxylic acids is 1. The Morgan fingerprint density at radius 3 is 2.48 bits per heavy atom. The number of aliphatic carboxylic acids is 1. The first kappa shape index (κ1) is 17.9. The molecule has 1 fully saturated rings. The minimum absolute atomic E-state index is 0.000398. The molecule has 0 aromatic carbocycles. The molecule has 7 nitrogen and oxygen atoms in total. The van der Waals surface area contributed by atoms with Gasteiger partial charge in [0.25, 0.3) is 0 Å². The first-order valence-corrected chi connectivity index (χ1v) is 8.91. The van der Waals surface area contributed by atoms with Gasteiger partial charge in [0, 0.05) is 6.04 Å². The molecule has 21 heavy (non-hydrogen) atoms. The predicted octanol–water partition coefficient (Wildman–Crippen LogP) is -0.279. The largest absolute Gasteiger partial charge is 0.480 e. The van der Waals surface area contributed by atoms with E-state index in [0.717, 1.165) is 0 Å². The Hall–Kier alpha value is -1.15. The Balaban J connectivity index is 2.54. The van der Waals surface area contributed by atoms with Crippen LogP contribution in [-0.2, 0) is 19.4 Å². The van der Waals surface area contributed by atoms with Crippen LogP contribution >= 0.6 is 0 Å².